The van der Waals surface area contributed by atoms with Gasteiger partial charge in [0, 0.05) is 6.54 Å². The molecule has 0 fully saturated rings. The van der Waals surface area contributed by atoms with E-state index in [1.807, 2.05) is 12.1 Å². The Morgan fingerprint density at radius 1 is 1.60 bits per heavy atom. The van der Waals surface area contributed by atoms with Gasteiger partial charge in [-0.15, -0.1) is 0 Å². The monoisotopic (exact) mass is 210 g/mol. The summed E-state index contributed by atoms with van der Waals surface area (Å²) < 4.78 is 5.15. The first-order valence-corrected chi connectivity index (χ1v) is 4.99. The molecule has 1 aromatic heterocycles. The number of rotatable bonds is 4. The zero-order chi connectivity index (χ0) is 11.1. The summed E-state index contributed by atoms with van der Waals surface area (Å²) in [6.07, 6.45) is 1.63. The highest BCUT2D eigenvalue weighted by atomic mass is 16.3. The Labute approximate surface area is 89.7 Å². The maximum absolute atomic E-state index is 5.32. The summed E-state index contributed by atoms with van der Waals surface area (Å²) in [5.41, 5.74) is 2.52. The van der Waals surface area contributed by atoms with Crippen LogP contribution in [0.15, 0.2) is 27.8 Å². The standard InChI is InChI=1S/C10H18N4O/c1-8(2)6-12-10(14-11)13-7-9-4-3-5-15-9/h3-5,8H,6-7,11H2,1-2H3,(H2,12,13,14). The van der Waals surface area contributed by atoms with Crippen molar-refractivity contribution in [2.75, 3.05) is 6.54 Å². The van der Waals surface area contributed by atoms with Crippen molar-refractivity contribution in [3.05, 3.63) is 24.2 Å². The molecule has 0 radical (unpaired) electrons. The average Bonchev–Trinajstić information content (AvgIpc) is 2.70. The fraction of sp³-hybridized carbons (Fsp3) is 0.500. The number of aliphatic imine (C=N–C) groups is 1. The number of nitrogens with zero attached hydrogens (tertiary/aromatic N) is 1. The molecular weight excluding hydrogens is 192 g/mol. The third kappa shape index (κ3) is 4.51. The van der Waals surface area contributed by atoms with E-state index in [0.29, 0.717) is 18.4 Å². The molecule has 0 saturated carbocycles. The summed E-state index contributed by atoms with van der Waals surface area (Å²) in [7, 11) is 0. The van der Waals surface area contributed by atoms with E-state index in [2.05, 4.69) is 29.6 Å². The van der Waals surface area contributed by atoms with Crippen LogP contribution in [0.5, 0.6) is 0 Å². The lowest BCUT2D eigenvalue weighted by Gasteiger charge is -2.10. The number of hydrogen-bond donors (Lipinski definition) is 3. The minimum absolute atomic E-state index is 0.484. The lowest BCUT2D eigenvalue weighted by Crippen LogP contribution is -2.42. The van der Waals surface area contributed by atoms with Crippen molar-refractivity contribution >= 4 is 5.96 Å². The van der Waals surface area contributed by atoms with Gasteiger partial charge in [-0.3, -0.25) is 5.43 Å². The summed E-state index contributed by atoms with van der Waals surface area (Å²) in [6.45, 7) is 5.56. The van der Waals surface area contributed by atoms with E-state index in [1.165, 1.54) is 0 Å². The van der Waals surface area contributed by atoms with Crippen LogP contribution < -0.4 is 16.6 Å². The van der Waals surface area contributed by atoms with Crippen LogP contribution in [0.2, 0.25) is 0 Å². The van der Waals surface area contributed by atoms with Crippen LogP contribution in [0.1, 0.15) is 19.6 Å². The van der Waals surface area contributed by atoms with Crippen LogP contribution in [-0.2, 0) is 6.54 Å². The van der Waals surface area contributed by atoms with Gasteiger partial charge in [0.1, 0.15) is 12.3 Å². The van der Waals surface area contributed by atoms with Gasteiger partial charge in [0.05, 0.1) is 6.26 Å². The quantitative estimate of drug-likeness (QED) is 0.298. The molecule has 0 amide bonds. The van der Waals surface area contributed by atoms with Crippen LogP contribution in [0.3, 0.4) is 0 Å². The number of hydrogen-bond acceptors (Lipinski definition) is 3. The van der Waals surface area contributed by atoms with E-state index >= 15 is 0 Å². The first-order chi connectivity index (χ1) is 7.22. The second-order valence-electron chi connectivity index (χ2n) is 3.66. The fourth-order valence-corrected chi connectivity index (χ4v) is 1.01. The van der Waals surface area contributed by atoms with Gasteiger partial charge < -0.3 is 9.73 Å². The Bertz CT molecular complexity index is 292. The maximum Gasteiger partial charge on any atom is 0.206 e. The molecule has 1 heterocycles. The van der Waals surface area contributed by atoms with Gasteiger partial charge in [0.2, 0.25) is 5.96 Å². The van der Waals surface area contributed by atoms with E-state index in [1.54, 1.807) is 6.26 Å². The Hall–Kier alpha value is -1.49. The summed E-state index contributed by atoms with van der Waals surface area (Å²) in [4.78, 5) is 4.23. The Morgan fingerprint density at radius 2 is 2.40 bits per heavy atom. The van der Waals surface area contributed by atoms with E-state index < -0.39 is 0 Å². The molecule has 15 heavy (non-hydrogen) atoms. The molecule has 0 bridgehead atoms. The Morgan fingerprint density at radius 3 is 2.93 bits per heavy atom. The van der Waals surface area contributed by atoms with E-state index in [4.69, 9.17) is 10.3 Å². The van der Waals surface area contributed by atoms with Crippen molar-refractivity contribution in [1.29, 1.82) is 0 Å². The van der Waals surface area contributed by atoms with Gasteiger partial charge >= 0.3 is 0 Å². The van der Waals surface area contributed by atoms with E-state index in [0.717, 1.165) is 12.3 Å². The summed E-state index contributed by atoms with van der Waals surface area (Å²) >= 11 is 0. The number of nitrogens with two attached hydrogens (primary N) is 1. The molecule has 0 aliphatic rings. The zero-order valence-electron chi connectivity index (χ0n) is 9.16. The van der Waals surface area contributed by atoms with E-state index in [9.17, 15) is 0 Å². The first-order valence-electron chi connectivity index (χ1n) is 4.99. The SMILES string of the molecule is CC(C)CNC(=NCc1ccco1)NN. The average molecular weight is 210 g/mol. The Kier molecular flexibility index (Phi) is 4.70. The van der Waals surface area contributed by atoms with Gasteiger partial charge in [0.25, 0.3) is 0 Å². The van der Waals surface area contributed by atoms with E-state index in [-0.39, 0.29) is 0 Å². The molecule has 5 heteroatoms. The highest BCUT2D eigenvalue weighted by molar-refractivity contribution is 5.79. The highest BCUT2D eigenvalue weighted by Gasteiger charge is 1.98. The molecule has 0 aliphatic carbocycles. The van der Waals surface area contributed by atoms with Crippen molar-refractivity contribution in [2.45, 2.75) is 20.4 Å². The van der Waals surface area contributed by atoms with Crippen LogP contribution in [0, 0.1) is 5.92 Å². The number of furan rings is 1. The first kappa shape index (κ1) is 11.6. The second-order valence-corrected chi connectivity index (χ2v) is 3.66. The van der Waals surface area contributed by atoms with Crippen LogP contribution in [-0.4, -0.2) is 12.5 Å². The minimum atomic E-state index is 0.484. The van der Waals surface area contributed by atoms with Gasteiger partial charge in [-0.25, -0.2) is 10.8 Å². The molecule has 0 aromatic carbocycles. The lowest BCUT2D eigenvalue weighted by molar-refractivity contribution is 0.511. The van der Waals surface area contributed by atoms with Crippen molar-refractivity contribution in [3.8, 4) is 0 Å². The molecule has 1 aromatic rings. The lowest BCUT2D eigenvalue weighted by atomic mass is 10.2. The van der Waals surface area contributed by atoms with Crippen molar-refractivity contribution in [2.24, 2.45) is 16.8 Å². The fourth-order valence-electron chi connectivity index (χ4n) is 1.01. The summed E-state index contributed by atoms with van der Waals surface area (Å²) in [5.74, 6) is 7.27. The molecule has 0 saturated heterocycles. The second kappa shape index (κ2) is 6.08. The molecule has 0 aliphatic heterocycles. The molecule has 0 unspecified atom stereocenters. The number of hydrazine groups is 1. The van der Waals surface area contributed by atoms with Crippen molar-refractivity contribution in [3.63, 3.8) is 0 Å². The van der Waals surface area contributed by atoms with Gasteiger partial charge in [0.15, 0.2) is 0 Å². The number of nitrogens with one attached hydrogen (secondary N) is 2. The van der Waals surface area contributed by atoms with Gasteiger partial charge in [-0.05, 0) is 18.1 Å². The molecule has 0 atom stereocenters. The van der Waals surface area contributed by atoms with Crippen molar-refractivity contribution < 1.29 is 4.42 Å². The Balaban J connectivity index is 2.40. The van der Waals surface area contributed by atoms with Crippen LogP contribution in [0.4, 0.5) is 0 Å². The van der Waals surface area contributed by atoms with Gasteiger partial charge in [-0.2, -0.15) is 0 Å². The summed E-state index contributed by atoms with van der Waals surface area (Å²) in [5, 5.41) is 3.10. The predicted molar refractivity (Wildman–Crippen MR) is 60.0 cm³/mol. The highest BCUT2D eigenvalue weighted by Crippen LogP contribution is 2.00. The normalized spacial score (nSPS) is 11.9. The maximum atomic E-state index is 5.32. The summed E-state index contributed by atoms with van der Waals surface area (Å²) in [6, 6.07) is 3.71. The molecule has 4 N–H and O–H groups in total. The zero-order valence-corrected chi connectivity index (χ0v) is 9.16. The van der Waals surface area contributed by atoms with Crippen molar-refractivity contribution in [1.82, 2.24) is 10.7 Å². The molecule has 0 spiro atoms. The minimum Gasteiger partial charge on any atom is -0.467 e. The molecule has 84 valence electrons. The molecular formula is C10H18N4O. The smallest absolute Gasteiger partial charge is 0.206 e. The largest absolute Gasteiger partial charge is 0.467 e. The van der Waals surface area contributed by atoms with Crippen LogP contribution in [0.25, 0.3) is 0 Å². The molecule has 1 rings (SSSR count). The predicted octanol–water partition coefficient (Wildman–Crippen LogP) is 0.845. The third-order valence-corrected chi connectivity index (χ3v) is 1.79. The molecule has 5 nitrogen and oxygen atoms in total. The number of guanidine groups is 1. The van der Waals surface area contributed by atoms with Crippen LogP contribution >= 0.6 is 0 Å². The third-order valence-electron chi connectivity index (χ3n) is 1.79. The topological polar surface area (TPSA) is 75.6 Å². The van der Waals surface area contributed by atoms with Gasteiger partial charge in [-0.1, -0.05) is 13.8 Å².